The molecule has 2 aromatic rings. The molecule has 4 atom stereocenters. The minimum Gasteiger partial charge on any atom is -0.459 e. The Labute approximate surface area is 168 Å². The van der Waals surface area contributed by atoms with Crippen LogP contribution in [0, 0.1) is 11.8 Å². The summed E-state index contributed by atoms with van der Waals surface area (Å²) in [7, 11) is 0. The molecule has 4 rings (SSSR count). The normalized spacial score (nSPS) is 26.8. The van der Waals surface area contributed by atoms with E-state index in [0.29, 0.717) is 31.1 Å². The molecule has 6 nitrogen and oxygen atoms in total. The van der Waals surface area contributed by atoms with Gasteiger partial charge in [-0.3, -0.25) is 9.59 Å². The molecule has 150 valence electrons. The predicted octanol–water partition coefficient (Wildman–Crippen LogP) is 2.69. The molecule has 2 N–H and O–H groups in total. The van der Waals surface area contributed by atoms with Crippen molar-refractivity contribution in [1.29, 1.82) is 0 Å². The second-order valence-corrected chi connectivity index (χ2v) is 8.88. The van der Waals surface area contributed by atoms with Crippen LogP contribution in [0.15, 0.2) is 40.3 Å². The van der Waals surface area contributed by atoms with Gasteiger partial charge in [-0.1, -0.05) is 6.07 Å². The number of aliphatic hydroxyl groups is 1. The first-order valence-corrected chi connectivity index (χ1v) is 10.8. The molecule has 2 amide bonds. The smallest absolute Gasteiger partial charge is 0.287 e. The molecule has 2 aliphatic rings. The lowest BCUT2D eigenvalue weighted by molar-refractivity contribution is -0.130. The zero-order valence-electron chi connectivity index (χ0n) is 15.8. The van der Waals surface area contributed by atoms with Crippen LogP contribution in [-0.2, 0) is 11.2 Å². The fourth-order valence-electron chi connectivity index (χ4n) is 4.46. The molecule has 2 aromatic heterocycles. The van der Waals surface area contributed by atoms with Crippen molar-refractivity contribution in [3.63, 3.8) is 0 Å². The monoisotopic (exact) mass is 402 g/mol. The van der Waals surface area contributed by atoms with Crippen molar-refractivity contribution >= 4 is 23.2 Å². The zero-order valence-corrected chi connectivity index (χ0v) is 16.6. The maximum absolute atomic E-state index is 12.6. The third kappa shape index (κ3) is 4.31. The van der Waals surface area contributed by atoms with Crippen molar-refractivity contribution in [1.82, 2.24) is 10.2 Å². The number of furan rings is 1. The van der Waals surface area contributed by atoms with E-state index < -0.39 is 6.10 Å². The lowest BCUT2D eigenvalue weighted by Gasteiger charge is -2.35. The van der Waals surface area contributed by atoms with Crippen LogP contribution in [0.5, 0.6) is 0 Å². The van der Waals surface area contributed by atoms with Crippen LogP contribution in [0.4, 0.5) is 0 Å². The summed E-state index contributed by atoms with van der Waals surface area (Å²) in [5, 5.41) is 15.4. The largest absolute Gasteiger partial charge is 0.459 e. The Morgan fingerprint density at radius 2 is 2.04 bits per heavy atom. The molecular formula is C21H26N2O4S. The molecule has 1 aliphatic heterocycles. The number of amides is 2. The van der Waals surface area contributed by atoms with E-state index in [2.05, 4.69) is 16.8 Å². The SMILES string of the molecule is O=C(N[C@H]1C[C@H]2CN(C(=O)CCCc3cccs3)C[C@H]2C[C@@H]1O)c1ccco1. The van der Waals surface area contributed by atoms with E-state index in [1.54, 1.807) is 23.5 Å². The summed E-state index contributed by atoms with van der Waals surface area (Å²) >= 11 is 1.73. The summed E-state index contributed by atoms with van der Waals surface area (Å²) in [6, 6.07) is 7.13. The van der Waals surface area contributed by atoms with Gasteiger partial charge < -0.3 is 19.7 Å². The van der Waals surface area contributed by atoms with Gasteiger partial charge in [-0.25, -0.2) is 0 Å². The van der Waals surface area contributed by atoms with Crippen LogP contribution in [0.25, 0.3) is 0 Å². The van der Waals surface area contributed by atoms with Crippen LogP contribution in [0.1, 0.15) is 41.1 Å². The third-order valence-corrected chi connectivity index (χ3v) is 6.89. The van der Waals surface area contributed by atoms with Gasteiger partial charge in [-0.05, 0) is 61.1 Å². The van der Waals surface area contributed by atoms with E-state index in [0.717, 1.165) is 25.9 Å². The van der Waals surface area contributed by atoms with Crippen molar-refractivity contribution in [3.8, 4) is 0 Å². The van der Waals surface area contributed by atoms with Crippen LogP contribution in [0.2, 0.25) is 0 Å². The molecule has 0 unspecified atom stereocenters. The molecule has 1 saturated carbocycles. The number of likely N-dealkylation sites (tertiary alicyclic amines) is 1. The molecule has 0 aromatic carbocycles. The maximum atomic E-state index is 12.6. The summed E-state index contributed by atoms with van der Waals surface area (Å²) < 4.78 is 5.13. The first-order valence-electron chi connectivity index (χ1n) is 9.92. The second kappa shape index (κ2) is 8.49. The van der Waals surface area contributed by atoms with E-state index in [9.17, 15) is 14.7 Å². The van der Waals surface area contributed by atoms with Crippen LogP contribution >= 0.6 is 11.3 Å². The van der Waals surface area contributed by atoms with Gasteiger partial charge >= 0.3 is 0 Å². The van der Waals surface area contributed by atoms with Crippen molar-refractivity contribution in [2.75, 3.05) is 13.1 Å². The number of thiophene rings is 1. The minimum atomic E-state index is -0.589. The molecular weight excluding hydrogens is 376 g/mol. The number of nitrogens with one attached hydrogen (secondary N) is 1. The first-order chi connectivity index (χ1) is 13.6. The number of rotatable bonds is 6. The Balaban J connectivity index is 1.27. The van der Waals surface area contributed by atoms with Gasteiger partial charge in [0.15, 0.2) is 5.76 Å². The van der Waals surface area contributed by atoms with E-state index in [-0.39, 0.29) is 23.6 Å². The molecule has 2 fully saturated rings. The molecule has 0 radical (unpaired) electrons. The Morgan fingerprint density at radius 1 is 1.21 bits per heavy atom. The van der Waals surface area contributed by atoms with Crippen molar-refractivity contribution in [2.45, 2.75) is 44.2 Å². The lowest BCUT2D eigenvalue weighted by Crippen LogP contribution is -2.49. The van der Waals surface area contributed by atoms with Crippen molar-refractivity contribution < 1.29 is 19.1 Å². The second-order valence-electron chi connectivity index (χ2n) is 7.85. The molecule has 3 heterocycles. The lowest BCUT2D eigenvalue weighted by atomic mass is 9.77. The fraction of sp³-hybridized carbons (Fsp3) is 0.524. The number of carbonyl (C=O) groups excluding carboxylic acids is 2. The summed E-state index contributed by atoms with van der Waals surface area (Å²) in [6.45, 7) is 1.45. The average Bonchev–Trinajstić information content (AvgIpc) is 3.43. The van der Waals surface area contributed by atoms with Gasteiger partial charge in [0.05, 0.1) is 18.4 Å². The number of carbonyl (C=O) groups is 2. The quantitative estimate of drug-likeness (QED) is 0.778. The van der Waals surface area contributed by atoms with Crippen molar-refractivity contribution in [2.24, 2.45) is 11.8 Å². The summed E-state index contributed by atoms with van der Waals surface area (Å²) in [5.41, 5.74) is 0. The number of aryl methyl sites for hydroxylation is 1. The number of aliphatic hydroxyl groups excluding tert-OH is 1. The van der Waals surface area contributed by atoms with Crippen molar-refractivity contribution in [3.05, 3.63) is 46.5 Å². The maximum Gasteiger partial charge on any atom is 0.287 e. The molecule has 28 heavy (non-hydrogen) atoms. The van der Waals surface area contributed by atoms with Gasteiger partial charge in [-0.15, -0.1) is 11.3 Å². The highest BCUT2D eigenvalue weighted by atomic mass is 32.1. The molecule has 1 saturated heterocycles. The van der Waals surface area contributed by atoms with Crippen LogP contribution < -0.4 is 5.32 Å². The molecule has 0 bridgehead atoms. The first kappa shape index (κ1) is 19.2. The summed E-state index contributed by atoms with van der Waals surface area (Å²) in [5.74, 6) is 0.798. The standard InChI is InChI=1S/C21H26N2O4S/c24-18-11-15-13-23(20(25)7-1-4-16-5-3-9-28-16)12-14(15)10-17(18)22-21(26)19-6-2-8-27-19/h2-3,5-6,8-9,14-15,17-18,24H,1,4,7,10-13H2,(H,22,26)/t14-,15+,17-,18-/m0/s1. The Kier molecular flexibility index (Phi) is 5.82. The molecule has 7 heteroatoms. The Bertz CT molecular complexity index is 789. The number of nitrogens with zero attached hydrogens (tertiary/aromatic N) is 1. The van der Waals surface area contributed by atoms with E-state index in [1.165, 1.54) is 11.1 Å². The third-order valence-electron chi connectivity index (χ3n) is 5.95. The Hall–Kier alpha value is -2.12. The van der Waals surface area contributed by atoms with Gasteiger partial charge in [0.2, 0.25) is 5.91 Å². The van der Waals surface area contributed by atoms with E-state index in [1.807, 2.05) is 11.0 Å². The van der Waals surface area contributed by atoms with Gasteiger partial charge in [-0.2, -0.15) is 0 Å². The number of fused-ring (bicyclic) bond motifs is 1. The fourth-order valence-corrected chi connectivity index (χ4v) is 5.21. The van der Waals surface area contributed by atoms with E-state index in [4.69, 9.17) is 4.42 Å². The van der Waals surface area contributed by atoms with Crippen LogP contribution in [-0.4, -0.2) is 47.1 Å². The number of hydrogen-bond donors (Lipinski definition) is 2. The highest BCUT2D eigenvalue weighted by Gasteiger charge is 2.43. The summed E-state index contributed by atoms with van der Waals surface area (Å²) in [6.07, 6.45) is 4.57. The zero-order chi connectivity index (χ0) is 19.5. The minimum absolute atomic E-state index is 0.205. The van der Waals surface area contributed by atoms with Gasteiger partial charge in [0.1, 0.15) is 0 Å². The van der Waals surface area contributed by atoms with Crippen LogP contribution in [0.3, 0.4) is 0 Å². The molecule has 0 spiro atoms. The average molecular weight is 403 g/mol. The van der Waals surface area contributed by atoms with E-state index >= 15 is 0 Å². The highest BCUT2D eigenvalue weighted by Crippen LogP contribution is 2.37. The van der Waals surface area contributed by atoms with Gasteiger partial charge in [0.25, 0.3) is 5.91 Å². The highest BCUT2D eigenvalue weighted by molar-refractivity contribution is 7.09. The predicted molar refractivity (Wildman–Crippen MR) is 106 cm³/mol. The van der Waals surface area contributed by atoms with Gasteiger partial charge in [0, 0.05) is 24.4 Å². The Morgan fingerprint density at radius 3 is 2.75 bits per heavy atom. The topological polar surface area (TPSA) is 82.8 Å². The number of hydrogen-bond acceptors (Lipinski definition) is 5. The summed E-state index contributed by atoms with van der Waals surface area (Å²) in [4.78, 5) is 28.1. The molecule has 1 aliphatic carbocycles.